The van der Waals surface area contributed by atoms with Gasteiger partial charge in [0.05, 0.1) is 6.10 Å². The first kappa shape index (κ1) is 10.6. The highest BCUT2D eigenvalue weighted by Crippen LogP contribution is 1.96. The highest BCUT2D eigenvalue weighted by atomic mass is 32.2. The Bertz CT molecular complexity index is 217. The summed E-state index contributed by atoms with van der Waals surface area (Å²) >= 11 is 0. The lowest BCUT2D eigenvalue weighted by Crippen LogP contribution is -2.20. The van der Waals surface area contributed by atoms with E-state index < -0.39 is 22.0 Å². The molecule has 0 aromatic heterocycles. The van der Waals surface area contributed by atoms with E-state index in [1.54, 1.807) is 19.1 Å². The molecule has 0 aliphatic rings. The second kappa shape index (κ2) is 4.48. The van der Waals surface area contributed by atoms with Gasteiger partial charge in [-0.2, -0.15) is 8.42 Å². The zero-order valence-corrected chi connectivity index (χ0v) is 7.34. The molecular formula is C6H12O4S. The van der Waals surface area contributed by atoms with Gasteiger partial charge in [0.2, 0.25) is 0 Å². The Morgan fingerprint density at radius 1 is 1.64 bits per heavy atom. The molecule has 1 atom stereocenters. The zero-order valence-electron chi connectivity index (χ0n) is 6.52. The molecule has 1 N–H and O–H groups in total. The van der Waals surface area contributed by atoms with Crippen LogP contribution >= 0.6 is 0 Å². The molecule has 0 radical (unpaired) electrons. The highest BCUT2D eigenvalue weighted by molar-refractivity contribution is 7.85. The summed E-state index contributed by atoms with van der Waals surface area (Å²) in [7, 11) is -2.55. The van der Waals surface area contributed by atoms with Crippen molar-refractivity contribution in [1.29, 1.82) is 0 Å². The van der Waals surface area contributed by atoms with Crippen LogP contribution in [0.15, 0.2) is 12.2 Å². The predicted octanol–water partition coefficient (Wildman–Crippen LogP) is 0.465. The monoisotopic (exact) mass is 180 g/mol. The number of hydrogen-bond donors (Lipinski definition) is 1. The summed E-state index contributed by atoms with van der Waals surface area (Å²) in [6.07, 6.45) is 2.67. The normalized spacial score (nSPS) is 15.5. The van der Waals surface area contributed by atoms with Gasteiger partial charge in [0.1, 0.15) is 5.75 Å². The molecular weight excluding hydrogens is 168 g/mol. The Hall–Kier alpha value is -0.390. The maximum Gasteiger partial charge on any atom is 0.267 e. The largest absolute Gasteiger partial charge is 0.376 e. The molecule has 0 aliphatic carbocycles. The van der Waals surface area contributed by atoms with E-state index in [1.807, 2.05) is 0 Å². The van der Waals surface area contributed by atoms with Gasteiger partial charge in [-0.3, -0.25) is 4.55 Å². The molecule has 0 bridgehead atoms. The van der Waals surface area contributed by atoms with E-state index in [2.05, 4.69) is 0 Å². The van der Waals surface area contributed by atoms with Crippen molar-refractivity contribution >= 4 is 10.1 Å². The Balaban J connectivity index is 4.10. The minimum Gasteiger partial charge on any atom is -0.376 e. The molecule has 66 valence electrons. The second-order valence-electron chi connectivity index (χ2n) is 2.05. The quantitative estimate of drug-likeness (QED) is 0.504. The number of allylic oxidation sites excluding steroid dienone is 1. The minimum absolute atomic E-state index is 0.395. The lowest BCUT2D eigenvalue weighted by atomic mass is 10.4. The first-order valence-corrected chi connectivity index (χ1v) is 4.71. The average molecular weight is 180 g/mol. The molecule has 0 amide bonds. The van der Waals surface area contributed by atoms with Gasteiger partial charge in [0.25, 0.3) is 10.1 Å². The van der Waals surface area contributed by atoms with Gasteiger partial charge in [0, 0.05) is 7.11 Å². The number of rotatable bonds is 4. The maximum absolute atomic E-state index is 10.3. The molecule has 11 heavy (non-hydrogen) atoms. The summed E-state index contributed by atoms with van der Waals surface area (Å²) in [6, 6.07) is 0. The van der Waals surface area contributed by atoms with Crippen molar-refractivity contribution < 1.29 is 17.7 Å². The van der Waals surface area contributed by atoms with E-state index in [0.29, 0.717) is 0 Å². The molecule has 1 unspecified atom stereocenters. The van der Waals surface area contributed by atoms with E-state index in [9.17, 15) is 8.42 Å². The zero-order chi connectivity index (χ0) is 8.91. The maximum atomic E-state index is 10.3. The number of hydrogen-bond acceptors (Lipinski definition) is 3. The third-order valence-corrected chi connectivity index (χ3v) is 1.83. The van der Waals surface area contributed by atoms with Crippen LogP contribution in [0, 0.1) is 0 Å². The molecule has 0 aromatic rings. The van der Waals surface area contributed by atoms with Gasteiger partial charge in [-0.1, -0.05) is 12.2 Å². The molecule has 0 rings (SSSR count). The van der Waals surface area contributed by atoms with Crippen molar-refractivity contribution in [1.82, 2.24) is 0 Å². The second-order valence-corrected chi connectivity index (χ2v) is 3.55. The van der Waals surface area contributed by atoms with Gasteiger partial charge in [-0.25, -0.2) is 0 Å². The minimum atomic E-state index is -3.93. The Morgan fingerprint density at radius 3 is 2.45 bits per heavy atom. The number of methoxy groups -OCH3 is 1. The molecule has 0 aliphatic heterocycles. The lowest BCUT2D eigenvalue weighted by molar-refractivity contribution is 0.156. The SMILES string of the molecule is CC=CC(CS(=O)(=O)O)OC. The van der Waals surface area contributed by atoms with Crippen molar-refractivity contribution in [2.45, 2.75) is 13.0 Å². The average Bonchev–Trinajstić information content (AvgIpc) is 1.84. The fraction of sp³-hybridized carbons (Fsp3) is 0.667. The van der Waals surface area contributed by atoms with Crippen molar-refractivity contribution in [2.75, 3.05) is 12.9 Å². The third kappa shape index (κ3) is 6.03. The highest BCUT2D eigenvalue weighted by Gasteiger charge is 2.12. The Morgan fingerprint density at radius 2 is 2.18 bits per heavy atom. The van der Waals surface area contributed by atoms with Crippen LogP contribution in [-0.2, 0) is 14.9 Å². The number of ether oxygens (including phenoxy) is 1. The molecule has 0 aromatic carbocycles. The van der Waals surface area contributed by atoms with E-state index in [4.69, 9.17) is 9.29 Å². The standard InChI is InChI=1S/C6H12O4S/c1-3-4-6(10-2)5-11(7,8)9/h3-4,6H,5H2,1-2H3,(H,7,8,9). The smallest absolute Gasteiger partial charge is 0.267 e. The van der Waals surface area contributed by atoms with Crippen LogP contribution in [0.1, 0.15) is 6.92 Å². The van der Waals surface area contributed by atoms with Gasteiger partial charge < -0.3 is 4.74 Å². The first-order valence-electron chi connectivity index (χ1n) is 3.10. The summed E-state index contributed by atoms with van der Waals surface area (Å²) in [4.78, 5) is 0. The molecule has 0 heterocycles. The Kier molecular flexibility index (Phi) is 4.32. The van der Waals surface area contributed by atoms with Gasteiger partial charge in [-0.15, -0.1) is 0 Å². The van der Waals surface area contributed by atoms with E-state index >= 15 is 0 Å². The van der Waals surface area contributed by atoms with Gasteiger partial charge >= 0.3 is 0 Å². The topological polar surface area (TPSA) is 63.6 Å². The fourth-order valence-corrected chi connectivity index (χ4v) is 1.29. The van der Waals surface area contributed by atoms with Crippen LogP contribution in [0.25, 0.3) is 0 Å². The fourth-order valence-electron chi connectivity index (χ4n) is 0.624. The Labute approximate surface area is 66.6 Å². The van der Waals surface area contributed by atoms with Gasteiger partial charge in [0.15, 0.2) is 0 Å². The predicted molar refractivity (Wildman–Crippen MR) is 42.0 cm³/mol. The molecule has 4 nitrogen and oxygen atoms in total. The van der Waals surface area contributed by atoms with Crippen LogP contribution in [-0.4, -0.2) is 31.9 Å². The third-order valence-electron chi connectivity index (χ3n) is 1.08. The van der Waals surface area contributed by atoms with Crippen LogP contribution in [0.5, 0.6) is 0 Å². The van der Waals surface area contributed by atoms with E-state index in [0.717, 1.165) is 0 Å². The van der Waals surface area contributed by atoms with Gasteiger partial charge in [-0.05, 0) is 6.92 Å². The van der Waals surface area contributed by atoms with Crippen LogP contribution in [0.4, 0.5) is 0 Å². The lowest BCUT2D eigenvalue weighted by Gasteiger charge is -2.06. The van der Waals surface area contributed by atoms with Crippen LogP contribution in [0.2, 0.25) is 0 Å². The summed E-state index contributed by atoms with van der Waals surface area (Å²) < 4.78 is 33.8. The van der Waals surface area contributed by atoms with Crippen molar-refractivity contribution in [2.24, 2.45) is 0 Å². The van der Waals surface area contributed by atoms with Crippen LogP contribution < -0.4 is 0 Å². The summed E-state index contributed by atoms with van der Waals surface area (Å²) in [5.41, 5.74) is 0. The molecule has 0 saturated carbocycles. The van der Waals surface area contributed by atoms with Crippen molar-refractivity contribution in [3.8, 4) is 0 Å². The summed E-state index contributed by atoms with van der Waals surface area (Å²) in [6.45, 7) is 1.75. The van der Waals surface area contributed by atoms with Crippen molar-refractivity contribution in [3.05, 3.63) is 12.2 Å². The van der Waals surface area contributed by atoms with E-state index in [1.165, 1.54) is 7.11 Å². The molecule has 5 heteroatoms. The van der Waals surface area contributed by atoms with Crippen LogP contribution in [0.3, 0.4) is 0 Å². The van der Waals surface area contributed by atoms with E-state index in [-0.39, 0.29) is 0 Å². The first-order chi connectivity index (χ1) is 4.99. The molecule has 0 fully saturated rings. The molecule has 0 spiro atoms. The summed E-state index contributed by atoms with van der Waals surface area (Å²) in [5.74, 6) is -0.395. The van der Waals surface area contributed by atoms with Crippen molar-refractivity contribution in [3.63, 3.8) is 0 Å². The summed E-state index contributed by atoms with van der Waals surface area (Å²) in [5, 5.41) is 0. The molecule has 0 saturated heterocycles.